The third-order valence-corrected chi connectivity index (χ3v) is 6.81. The highest BCUT2D eigenvalue weighted by molar-refractivity contribution is 7.91. The molecule has 0 spiro atoms. The molecule has 0 N–H and O–H groups in total. The quantitative estimate of drug-likeness (QED) is 0.592. The highest BCUT2D eigenvalue weighted by atomic mass is 32.2. The maximum absolute atomic E-state index is 12.4. The molecule has 2 aromatic carbocycles. The van der Waals surface area contributed by atoms with Crippen molar-refractivity contribution in [3.8, 4) is 0 Å². The van der Waals surface area contributed by atoms with Crippen molar-refractivity contribution in [1.29, 1.82) is 0 Å². The van der Waals surface area contributed by atoms with Crippen LogP contribution in [0.4, 0.5) is 5.69 Å². The Balaban J connectivity index is 2.07. The van der Waals surface area contributed by atoms with Crippen molar-refractivity contribution in [3.05, 3.63) is 64.2 Å². The SMILES string of the molecule is O=[N+]([O-])c1ccc(S(=O)(=O)N=C2CCS(=O)(=O)c3ccccc32)cc1. The predicted octanol–water partition coefficient (Wildman–Crippen LogP) is 1.95. The van der Waals surface area contributed by atoms with Gasteiger partial charge >= 0.3 is 0 Å². The van der Waals surface area contributed by atoms with Crippen LogP contribution in [0.2, 0.25) is 0 Å². The van der Waals surface area contributed by atoms with Crippen molar-refractivity contribution >= 4 is 31.3 Å². The summed E-state index contributed by atoms with van der Waals surface area (Å²) in [5.41, 5.74) is 0.184. The van der Waals surface area contributed by atoms with Gasteiger partial charge in [0.15, 0.2) is 9.84 Å². The van der Waals surface area contributed by atoms with Crippen LogP contribution >= 0.6 is 0 Å². The monoisotopic (exact) mass is 380 g/mol. The Morgan fingerprint density at radius 2 is 1.68 bits per heavy atom. The van der Waals surface area contributed by atoms with Crippen LogP contribution in [0.3, 0.4) is 0 Å². The largest absolute Gasteiger partial charge is 0.282 e. The van der Waals surface area contributed by atoms with E-state index in [4.69, 9.17) is 0 Å². The second-order valence-corrected chi connectivity index (χ2v) is 9.01. The average Bonchev–Trinajstić information content (AvgIpc) is 2.58. The highest BCUT2D eigenvalue weighted by Gasteiger charge is 2.28. The van der Waals surface area contributed by atoms with E-state index in [1.807, 2.05) is 0 Å². The molecule has 0 atom stereocenters. The lowest BCUT2D eigenvalue weighted by Gasteiger charge is -2.17. The van der Waals surface area contributed by atoms with Gasteiger partial charge in [-0.15, -0.1) is 0 Å². The maximum atomic E-state index is 12.4. The zero-order valence-corrected chi connectivity index (χ0v) is 14.3. The van der Waals surface area contributed by atoms with Crippen LogP contribution in [-0.4, -0.2) is 33.2 Å². The molecule has 25 heavy (non-hydrogen) atoms. The Morgan fingerprint density at radius 1 is 1.04 bits per heavy atom. The van der Waals surface area contributed by atoms with Gasteiger partial charge in [-0.3, -0.25) is 10.1 Å². The lowest BCUT2D eigenvalue weighted by atomic mass is 10.1. The number of fused-ring (bicyclic) bond motifs is 1. The predicted molar refractivity (Wildman–Crippen MR) is 89.9 cm³/mol. The van der Waals surface area contributed by atoms with Gasteiger partial charge in [0.05, 0.1) is 26.2 Å². The Hall–Kier alpha value is -2.59. The van der Waals surface area contributed by atoms with Crippen molar-refractivity contribution < 1.29 is 21.8 Å². The molecule has 0 aromatic heterocycles. The Labute approximate surface area is 144 Å². The second kappa shape index (κ2) is 6.05. The molecule has 2 aromatic rings. The zero-order chi connectivity index (χ0) is 18.2. The summed E-state index contributed by atoms with van der Waals surface area (Å²) in [6.07, 6.45) is -0.0223. The van der Waals surface area contributed by atoms with E-state index in [9.17, 15) is 26.9 Å². The summed E-state index contributed by atoms with van der Waals surface area (Å²) in [5.74, 6) is -0.224. The van der Waals surface area contributed by atoms with Gasteiger partial charge < -0.3 is 0 Å². The van der Waals surface area contributed by atoms with Crippen molar-refractivity contribution in [2.45, 2.75) is 16.2 Å². The van der Waals surface area contributed by atoms with E-state index < -0.39 is 24.8 Å². The molecule has 0 fully saturated rings. The van der Waals surface area contributed by atoms with Gasteiger partial charge in [-0.2, -0.15) is 12.8 Å². The van der Waals surface area contributed by atoms with E-state index >= 15 is 0 Å². The summed E-state index contributed by atoms with van der Waals surface area (Å²) in [7, 11) is -7.57. The van der Waals surface area contributed by atoms with Gasteiger partial charge in [-0.05, 0) is 18.2 Å². The van der Waals surface area contributed by atoms with Gasteiger partial charge in [-0.25, -0.2) is 8.42 Å². The number of sulfonamides is 1. The number of benzene rings is 2. The maximum Gasteiger partial charge on any atom is 0.282 e. The minimum absolute atomic E-state index is 0.0223. The van der Waals surface area contributed by atoms with Crippen LogP contribution in [0, 0.1) is 10.1 Å². The molecule has 3 rings (SSSR count). The van der Waals surface area contributed by atoms with Crippen LogP contribution in [0.1, 0.15) is 12.0 Å². The summed E-state index contributed by atoms with van der Waals surface area (Å²) in [5, 5.41) is 10.6. The first-order chi connectivity index (χ1) is 11.7. The summed E-state index contributed by atoms with van der Waals surface area (Å²) in [6.45, 7) is 0. The molecular weight excluding hydrogens is 368 g/mol. The fraction of sp³-hybridized carbons (Fsp3) is 0.133. The molecular formula is C15H12N2O6S2. The molecule has 1 aliphatic heterocycles. The van der Waals surface area contributed by atoms with E-state index in [1.54, 1.807) is 12.1 Å². The number of nitrogens with zero attached hydrogens (tertiary/aromatic N) is 2. The lowest BCUT2D eigenvalue weighted by molar-refractivity contribution is -0.384. The third-order valence-electron chi connectivity index (χ3n) is 3.72. The van der Waals surface area contributed by atoms with Crippen LogP contribution in [0.15, 0.2) is 62.7 Å². The topological polar surface area (TPSA) is 124 Å². The second-order valence-electron chi connectivity index (χ2n) is 5.33. The third kappa shape index (κ3) is 3.30. The Kier molecular flexibility index (Phi) is 4.17. The number of non-ortho nitro benzene ring substituents is 1. The Bertz CT molecular complexity index is 1090. The molecule has 130 valence electrons. The van der Waals surface area contributed by atoms with E-state index in [0.29, 0.717) is 0 Å². The van der Waals surface area contributed by atoms with Crippen LogP contribution in [0.25, 0.3) is 0 Å². The first-order valence-corrected chi connectivity index (χ1v) is 10.2. The summed E-state index contributed by atoms with van der Waals surface area (Å²) in [6, 6.07) is 10.4. The van der Waals surface area contributed by atoms with Gasteiger partial charge in [0.2, 0.25) is 0 Å². The van der Waals surface area contributed by atoms with Crippen molar-refractivity contribution in [2.24, 2.45) is 4.40 Å². The number of nitro benzene ring substituents is 1. The number of hydrogen-bond donors (Lipinski definition) is 0. The molecule has 0 amide bonds. The highest BCUT2D eigenvalue weighted by Crippen LogP contribution is 2.27. The lowest BCUT2D eigenvalue weighted by Crippen LogP contribution is -2.22. The summed E-state index contributed by atoms with van der Waals surface area (Å²) >= 11 is 0. The molecule has 8 nitrogen and oxygen atoms in total. The normalized spacial score (nSPS) is 17.8. The smallest absolute Gasteiger partial charge is 0.258 e. The Morgan fingerprint density at radius 3 is 2.32 bits per heavy atom. The molecule has 0 aliphatic carbocycles. The fourth-order valence-electron chi connectivity index (χ4n) is 2.48. The average molecular weight is 380 g/mol. The van der Waals surface area contributed by atoms with E-state index in [2.05, 4.69) is 4.40 Å². The number of nitro groups is 1. The van der Waals surface area contributed by atoms with E-state index in [-0.39, 0.29) is 38.9 Å². The molecule has 0 unspecified atom stereocenters. The van der Waals surface area contributed by atoms with Gasteiger partial charge in [-0.1, -0.05) is 18.2 Å². The first-order valence-electron chi connectivity index (χ1n) is 7.11. The molecule has 0 bridgehead atoms. The van der Waals surface area contributed by atoms with Crippen molar-refractivity contribution in [3.63, 3.8) is 0 Å². The molecule has 0 saturated heterocycles. The molecule has 0 saturated carbocycles. The standard InChI is InChI=1S/C15H12N2O6S2/c18-17(19)11-5-7-12(8-6-11)25(22,23)16-14-9-10-24(20,21)15-4-2-1-3-13(14)15/h1-8H,9-10H2. The fourth-order valence-corrected chi connectivity index (χ4v) is 5.04. The molecule has 0 radical (unpaired) electrons. The number of rotatable bonds is 3. The first kappa shape index (κ1) is 17.2. The van der Waals surface area contributed by atoms with Gasteiger partial charge in [0, 0.05) is 24.1 Å². The summed E-state index contributed by atoms with van der Waals surface area (Å²) in [4.78, 5) is 9.87. The van der Waals surface area contributed by atoms with E-state index in [0.717, 1.165) is 24.3 Å². The zero-order valence-electron chi connectivity index (χ0n) is 12.7. The van der Waals surface area contributed by atoms with Crippen molar-refractivity contribution in [1.82, 2.24) is 0 Å². The van der Waals surface area contributed by atoms with Gasteiger partial charge in [0.1, 0.15) is 0 Å². The van der Waals surface area contributed by atoms with Crippen LogP contribution in [0.5, 0.6) is 0 Å². The van der Waals surface area contributed by atoms with E-state index in [1.165, 1.54) is 12.1 Å². The molecule has 1 heterocycles. The minimum Gasteiger partial charge on any atom is -0.258 e. The van der Waals surface area contributed by atoms with Gasteiger partial charge in [0.25, 0.3) is 15.7 Å². The number of hydrogen-bond acceptors (Lipinski definition) is 6. The van der Waals surface area contributed by atoms with Crippen LogP contribution in [-0.2, 0) is 19.9 Å². The molecule has 1 aliphatic rings. The number of sulfone groups is 1. The molecule has 10 heteroatoms. The minimum atomic E-state index is -4.11. The van der Waals surface area contributed by atoms with Crippen LogP contribution < -0.4 is 0 Å². The summed E-state index contributed by atoms with van der Waals surface area (Å²) < 4.78 is 52.8. The van der Waals surface area contributed by atoms with Crippen molar-refractivity contribution in [2.75, 3.05) is 5.75 Å².